The Bertz CT molecular complexity index is 1180. The van der Waals surface area contributed by atoms with E-state index < -0.39 is 12.0 Å². The van der Waals surface area contributed by atoms with Crippen LogP contribution in [-0.2, 0) is 4.79 Å². The zero-order valence-corrected chi connectivity index (χ0v) is 27.9. The second-order valence-electron chi connectivity index (χ2n) is 11.8. The fourth-order valence-electron chi connectivity index (χ4n) is 5.75. The number of carbonyl (C=O) groups is 3. The average Bonchev–Trinajstić information content (AvgIpc) is 3.03. The van der Waals surface area contributed by atoms with Crippen LogP contribution >= 0.6 is 0 Å². The molecule has 0 amide bonds. The first kappa shape index (κ1) is 37.1. The molecule has 1 unspecified atom stereocenters. The molecule has 1 N–H and O–H groups in total. The van der Waals surface area contributed by atoms with Gasteiger partial charge in [0.25, 0.3) is 6.04 Å². The zero-order chi connectivity index (χ0) is 30.7. The Labute approximate surface area is 274 Å². The number of carboxylic acid groups (broad SMARTS) is 1. The van der Waals surface area contributed by atoms with Gasteiger partial charge in [0.2, 0.25) is 0 Å². The summed E-state index contributed by atoms with van der Waals surface area (Å²) in [6, 6.07) is 21.4. The molecule has 0 radical (unpaired) electrons. The van der Waals surface area contributed by atoms with Crippen molar-refractivity contribution < 1.29 is 41.0 Å². The second kappa shape index (κ2) is 21.6. The highest BCUT2D eigenvalue weighted by atomic mass is 79.9. The topological polar surface area (TPSA) is 75.3 Å². The van der Waals surface area contributed by atoms with E-state index in [1.54, 1.807) is 41.2 Å². The van der Waals surface area contributed by atoms with Crippen molar-refractivity contribution in [1.29, 1.82) is 0 Å². The third kappa shape index (κ3) is 13.3. The van der Waals surface area contributed by atoms with Gasteiger partial charge < -0.3 is 22.1 Å². The van der Waals surface area contributed by atoms with Crippen molar-refractivity contribution in [1.82, 2.24) is 0 Å². The van der Waals surface area contributed by atoms with Gasteiger partial charge in [-0.15, -0.1) is 0 Å². The number of aromatic nitrogens is 1. The summed E-state index contributed by atoms with van der Waals surface area (Å²) >= 11 is 0. The molecule has 1 atom stereocenters. The van der Waals surface area contributed by atoms with Crippen molar-refractivity contribution in [3.05, 3.63) is 102 Å². The Morgan fingerprint density at radius 2 is 1.02 bits per heavy atom. The van der Waals surface area contributed by atoms with Crippen molar-refractivity contribution in [3.8, 4) is 0 Å². The number of pyridine rings is 1. The molecule has 0 spiro atoms. The number of halogens is 1. The molecule has 6 heteroatoms. The summed E-state index contributed by atoms with van der Waals surface area (Å²) in [6.45, 7) is 2.25. The van der Waals surface area contributed by atoms with E-state index in [9.17, 15) is 19.5 Å². The third-order valence-electron chi connectivity index (χ3n) is 8.38. The van der Waals surface area contributed by atoms with Gasteiger partial charge in [0.1, 0.15) is 0 Å². The minimum Gasteiger partial charge on any atom is -1.00 e. The van der Waals surface area contributed by atoms with Crippen LogP contribution < -0.4 is 21.5 Å². The molecule has 0 saturated heterocycles. The summed E-state index contributed by atoms with van der Waals surface area (Å²) in [7, 11) is 0. The molecule has 5 nitrogen and oxygen atoms in total. The Hall–Kier alpha value is -3.12. The van der Waals surface area contributed by atoms with Crippen LogP contribution in [-0.4, -0.2) is 22.6 Å². The maximum absolute atomic E-state index is 13.1. The van der Waals surface area contributed by atoms with E-state index >= 15 is 0 Å². The van der Waals surface area contributed by atoms with Crippen LogP contribution in [0.4, 0.5) is 0 Å². The molecule has 44 heavy (non-hydrogen) atoms. The van der Waals surface area contributed by atoms with Gasteiger partial charge in [-0.1, -0.05) is 138 Å². The Kier molecular flexibility index (Phi) is 18.2. The van der Waals surface area contributed by atoms with Crippen LogP contribution in [0.25, 0.3) is 0 Å². The summed E-state index contributed by atoms with van der Waals surface area (Å²) < 4.78 is 1.75. The first-order valence-electron chi connectivity index (χ1n) is 16.4. The fourth-order valence-corrected chi connectivity index (χ4v) is 5.75. The molecule has 0 aliphatic rings. The van der Waals surface area contributed by atoms with E-state index in [0.29, 0.717) is 17.5 Å². The number of carboxylic acids is 1. The van der Waals surface area contributed by atoms with E-state index in [2.05, 4.69) is 6.92 Å². The number of benzene rings is 2. The molecule has 1 aromatic heterocycles. The van der Waals surface area contributed by atoms with E-state index in [0.717, 1.165) is 24.8 Å². The fraction of sp³-hybridized carbons (Fsp3) is 0.474. The molecule has 3 rings (SSSR count). The van der Waals surface area contributed by atoms with Gasteiger partial charge in [-0.25, -0.2) is 4.79 Å². The minimum absolute atomic E-state index is 0. The van der Waals surface area contributed by atoms with Crippen LogP contribution in [0.5, 0.6) is 0 Å². The zero-order valence-electron chi connectivity index (χ0n) is 26.3. The number of ketones is 2. The van der Waals surface area contributed by atoms with Crippen LogP contribution in [0.3, 0.4) is 0 Å². The minimum atomic E-state index is -0.837. The van der Waals surface area contributed by atoms with Crippen LogP contribution in [0.1, 0.15) is 141 Å². The highest BCUT2D eigenvalue weighted by Gasteiger charge is 2.28. The Balaban J connectivity index is 0.00000675. The number of hydrogen-bond donors (Lipinski definition) is 1. The Morgan fingerprint density at radius 3 is 1.43 bits per heavy atom. The largest absolute Gasteiger partial charge is 1.00 e. The highest BCUT2D eigenvalue weighted by Crippen LogP contribution is 2.27. The molecule has 0 fully saturated rings. The van der Waals surface area contributed by atoms with Gasteiger partial charge in [-0.3, -0.25) is 9.59 Å². The number of Topliss-reactive ketones (excluding diaryl/α,β-unsaturated/α-hetero) is 2. The van der Waals surface area contributed by atoms with E-state index in [-0.39, 0.29) is 47.3 Å². The van der Waals surface area contributed by atoms with Gasteiger partial charge in [0.15, 0.2) is 24.0 Å². The normalized spacial score (nSPS) is 11.6. The number of hydrogen-bond acceptors (Lipinski definition) is 3. The number of aliphatic carboxylic acids is 1. The average molecular weight is 665 g/mol. The summed E-state index contributed by atoms with van der Waals surface area (Å²) in [4.78, 5) is 38.4. The second-order valence-corrected chi connectivity index (χ2v) is 11.8. The van der Waals surface area contributed by atoms with E-state index in [1.165, 1.54) is 57.8 Å². The highest BCUT2D eigenvalue weighted by molar-refractivity contribution is 5.99. The van der Waals surface area contributed by atoms with Gasteiger partial charge in [-0.2, -0.15) is 4.57 Å². The number of nitrogens with zero attached hydrogens (tertiary/aromatic N) is 1. The van der Waals surface area contributed by atoms with Crippen molar-refractivity contribution in [3.63, 3.8) is 0 Å². The lowest BCUT2D eigenvalue weighted by atomic mass is 9.86. The molecular weight excluding hydrogens is 614 g/mol. The van der Waals surface area contributed by atoms with Crippen LogP contribution in [0.2, 0.25) is 0 Å². The van der Waals surface area contributed by atoms with Crippen molar-refractivity contribution >= 4 is 17.5 Å². The lowest BCUT2D eigenvalue weighted by molar-refractivity contribution is -0.711. The molecule has 1 heterocycles. The predicted molar refractivity (Wildman–Crippen MR) is 173 cm³/mol. The standard InChI is InChI=1S/C38H49NO4.BrH/c1-2-3-4-5-6-7-8-9-10-11-12-19-24-35(38(42)43)39-27-25-31(26-28-39)34(29-36(40)32-20-15-13-16-21-32)30-37(41)33-22-17-14-18-23-33;/h13-18,20-23,25-28,34-35H,2-12,19,24,29-30H2,1H3;1H. The molecule has 0 aliphatic heterocycles. The first-order chi connectivity index (χ1) is 21.0. The van der Waals surface area contributed by atoms with Crippen molar-refractivity contribution in [2.45, 2.75) is 115 Å². The molecule has 2 aromatic carbocycles. The third-order valence-corrected chi connectivity index (χ3v) is 8.38. The SMILES string of the molecule is CCCCCCCCCCCCCCC(C(=O)O)[n+]1ccc(C(CC(=O)c2ccccc2)CC(=O)c2ccccc2)cc1.[Br-]. The lowest BCUT2D eigenvalue weighted by Gasteiger charge is -2.17. The van der Waals surface area contributed by atoms with Gasteiger partial charge in [0, 0.05) is 42.5 Å². The summed E-state index contributed by atoms with van der Waals surface area (Å²) in [6.07, 6.45) is 19.5. The molecular formula is C38H50BrNO4. The summed E-state index contributed by atoms with van der Waals surface area (Å²) in [5.74, 6) is -1.18. The molecule has 238 valence electrons. The molecule has 0 bridgehead atoms. The van der Waals surface area contributed by atoms with Gasteiger partial charge >= 0.3 is 5.97 Å². The van der Waals surface area contributed by atoms with Gasteiger partial charge in [-0.05, 0) is 17.9 Å². The quantitative estimate of drug-likeness (QED) is 0.0775. The first-order valence-corrected chi connectivity index (χ1v) is 16.4. The predicted octanol–water partition coefficient (Wildman–Crippen LogP) is 6.32. The summed E-state index contributed by atoms with van der Waals surface area (Å²) in [5.41, 5.74) is 2.11. The van der Waals surface area contributed by atoms with Crippen molar-refractivity contribution in [2.75, 3.05) is 0 Å². The monoisotopic (exact) mass is 663 g/mol. The summed E-state index contributed by atoms with van der Waals surface area (Å²) in [5, 5.41) is 9.96. The van der Waals surface area contributed by atoms with E-state index in [4.69, 9.17) is 0 Å². The van der Waals surface area contributed by atoms with Crippen LogP contribution in [0.15, 0.2) is 85.2 Å². The number of rotatable bonds is 22. The number of unbranched alkanes of at least 4 members (excludes halogenated alkanes) is 11. The maximum Gasteiger partial charge on any atom is 0.373 e. The molecule has 0 saturated carbocycles. The molecule has 3 aromatic rings. The van der Waals surface area contributed by atoms with Crippen LogP contribution in [0, 0.1) is 0 Å². The number of carbonyl (C=O) groups excluding carboxylic acids is 2. The van der Waals surface area contributed by atoms with Crippen molar-refractivity contribution in [2.24, 2.45) is 0 Å². The maximum atomic E-state index is 13.1. The smallest absolute Gasteiger partial charge is 0.373 e. The van der Waals surface area contributed by atoms with Gasteiger partial charge in [0.05, 0.1) is 0 Å². The Morgan fingerprint density at radius 1 is 0.614 bits per heavy atom. The molecule has 0 aliphatic carbocycles. The van der Waals surface area contributed by atoms with E-state index in [1.807, 2.05) is 48.5 Å². The lowest BCUT2D eigenvalue weighted by Crippen LogP contribution is -3.00.